The third-order valence-electron chi connectivity index (χ3n) is 5.78. The Hall–Kier alpha value is -3.59. The van der Waals surface area contributed by atoms with Gasteiger partial charge in [-0.1, -0.05) is 31.0 Å². The molecule has 0 spiro atoms. The lowest BCUT2D eigenvalue weighted by atomic mass is 10.1. The monoisotopic (exact) mass is 481 g/mol. The van der Waals surface area contributed by atoms with Gasteiger partial charge in [-0.2, -0.15) is 0 Å². The number of rotatable bonds is 9. The summed E-state index contributed by atoms with van der Waals surface area (Å²) in [4.78, 5) is 41.5. The summed E-state index contributed by atoms with van der Waals surface area (Å²) in [7, 11) is 1.50. The lowest BCUT2D eigenvalue weighted by Crippen LogP contribution is -2.49. The van der Waals surface area contributed by atoms with Crippen LogP contribution in [0, 0.1) is 0 Å². The van der Waals surface area contributed by atoms with Gasteiger partial charge in [0, 0.05) is 6.04 Å². The van der Waals surface area contributed by atoms with Gasteiger partial charge in [-0.15, -0.1) is 11.3 Å². The van der Waals surface area contributed by atoms with Crippen molar-refractivity contribution in [3.05, 3.63) is 70.8 Å². The zero-order valence-electron chi connectivity index (χ0n) is 18.9. The van der Waals surface area contributed by atoms with E-state index in [0.29, 0.717) is 22.1 Å². The van der Waals surface area contributed by atoms with E-state index in [1.807, 2.05) is 0 Å². The molecule has 2 heterocycles. The Labute approximate surface area is 201 Å². The van der Waals surface area contributed by atoms with Gasteiger partial charge < -0.3 is 19.8 Å². The van der Waals surface area contributed by atoms with E-state index in [2.05, 4.69) is 10.6 Å². The first-order valence-corrected chi connectivity index (χ1v) is 12.1. The second kappa shape index (κ2) is 11.0. The highest BCUT2D eigenvalue weighted by Gasteiger charge is 2.37. The van der Waals surface area contributed by atoms with Crippen LogP contribution in [-0.4, -0.2) is 37.4 Å². The van der Waals surface area contributed by atoms with Crippen LogP contribution >= 0.6 is 11.3 Å². The molecule has 1 aromatic carbocycles. The molecule has 178 valence electrons. The number of nitrogens with one attached hydrogen (secondary N) is 2. The maximum absolute atomic E-state index is 13.6. The van der Waals surface area contributed by atoms with Gasteiger partial charge in [-0.05, 0) is 48.6 Å². The SMILES string of the molecule is COc1ccccc1N(C(=O)CNC(=O)c1cccs1)[C@@H](C(=O)NC1CCCC1)c1ccco1. The molecule has 8 nitrogen and oxygen atoms in total. The Morgan fingerprint density at radius 2 is 1.91 bits per heavy atom. The number of carbonyl (C=O) groups excluding carboxylic acids is 3. The van der Waals surface area contributed by atoms with Gasteiger partial charge in [0.15, 0.2) is 6.04 Å². The molecule has 2 aromatic heterocycles. The molecule has 0 radical (unpaired) electrons. The Bertz CT molecular complexity index is 1110. The Balaban J connectivity index is 1.67. The van der Waals surface area contributed by atoms with Crippen LogP contribution in [0.25, 0.3) is 0 Å². The van der Waals surface area contributed by atoms with E-state index < -0.39 is 11.9 Å². The van der Waals surface area contributed by atoms with E-state index in [-0.39, 0.29) is 24.4 Å². The van der Waals surface area contributed by atoms with Gasteiger partial charge in [-0.25, -0.2) is 0 Å². The van der Waals surface area contributed by atoms with Crippen molar-refractivity contribution in [3.63, 3.8) is 0 Å². The summed E-state index contributed by atoms with van der Waals surface area (Å²) in [5.41, 5.74) is 0.406. The summed E-state index contributed by atoms with van der Waals surface area (Å²) in [6, 6.07) is 12.7. The van der Waals surface area contributed by atoms with Crippen LogP contribution in [0.2, 0.25) is 0 Å². The van der Waals surface area contributed by atoms with E-state index in [9.17, 15) is 14.4 Å². The number of thiophene rings is 1. The highest BCUT2D eigenvalue weighted by molar-refractivity contribution is 7.12. The molecular weight excluding hydrogens is 454 g/mol. The molecule has 1 saturated carbocycles. The molecular formula is C25H27N3O5S. The third-order valence-corrected chi connectivity index (χ3v) is 6.65. The van der Waals surface area contributed by atoms with Crippen LogP contribution in [0.15, 0.2) is 64.6 Å². The molecule has 1 atom stereocenters. The van der Waals surface area contributed by atoms with E-state index >= 15 is 0 Å². The van der Waals surface area contributed by atoms with Crippen LogP contribution < -0.4 is 20.3 Å². The molecule has 0 unspecified atom stereocenters. The molecule has 0 aliphatic heterocycles. The van der Waals surface area contributed by atoms with E-state index in [4.69, 9.17) is 9.15 Å². The quantitative estimate of drug-likeness (QED) is 0.483. The first-order chi connectivity index (χ1) is 16.6. The molecule has 1 fully saturated rings. The number of ether oxygens (including phenoxy) is 1. The van der Waals surface area contributed by atoms with E-state index in [1.54, 1.807) is 53.9 Å². The van der Waals surface area contributed by atoms with E-state index in [0.717, 1.165) is 25.7 Å². The minimum absolute atomic E-state index is 0.0538. The number of hydrogen-bond donors (Lipinski definition) is 2. The van der Waals surface area contributed by atoms with Gasteiger partial charge in [-0.3, -0.25) is 19.3 Å². The molecule has 3 amide bonds. The van der Waals surface area contributed by atoms with Crippen molar-refractivity contribution in [3.8, 4) is 5.75 Å². The summed E-state index contributed by atoms with van der Waals surface area (Å²) in [5, 5.41) is 7.53. The highest BCUT2D eigenvalue weighted by atomic mass is 32.1. The molecule has 9 heteroatoms. The summed E-state index contributed by atoms with van der Waals surface area (Å²) in [6.07, 6.45) is 5.38. The number of amides is 3. The second-order valence-electron chi connectivity index (χ2n) is 8.00. The average molecular weight is 482 g/mol. The Morgan fingerprint density at radius 1 is 1.12 bits per heavy atom. The molecule has 0 bridgehead atoms. The van der Waals surface area contributed by atoms with Gasteiger partial charge in [0.25, 0.3) is 11.8 Å². The standard InChI is InChI=1S/C25H27N3O5S/c1-32-19-11-5-4-10-18(19)28(22(29)16-26-24(30)21-13-7-15-34-21)23(20-12-6-14-33-20)25(31)27-17-8-2-3-9-17/h4-7,10-15,17,23H,2-3,8-9,16H2,1H3,(H,26,30)(H,27,31)/t23-/m1/s1. The summed E-state index contributed by atoms with van der Waals surface area (Å²) >= 11 is 1.28. The van der Waals surface area contributed by atoms with Crippen molar-refractivity contribution in [1.29, 1.82) is 0 Å². The fourth-order valence-corrected chi connectivity index (χ4v) is 4.79. The number of anilines is 1. The van der Waals surface area contributed by atoms with Crippen LogP contribution in [0.5, 0.6) is 5.75 Å². The largest absolute Gasteiger partial charge is 0.495 e. The summed E-state index contributed by atoms with van der Waals surface area (Å²) in [6.45, 7) is -0.303. The van der Waals surface area contributed by atoms with E-state index in [1.165, 1.54) is 29.6 Å². The van der Waals surface area contributed by atoms with Gasteiger partial charge in [0.1, 0.15) is 11.5 Å². The van der Waals surface area contributed by atoms with Crippen molar-refractivity contribution in [2.45, 2.75) is 37.8 Å². The Kier molecular flexibility index (Phi) is 7.64. The summed E-state index contributed by atoms with van der Waals surface area (Å²) in [5.74, 6) is -0.429. The Morgan fingerprint density at radius 3 is 2.59 bits per heavy atom. The van der Waals surface area contributed by atoms with Gasteiger partial charge in [0.05, 0.1) is 30.5 Å². The lowest BCUT2D eigenvalue weighted by Gasteiger charge is -2.31. The molecule has 1 aliphatic carbocycles. The molecule has 2 N–H and O–H groups in total. The average Bonchev–Trinajstić information content (AvgIpc) is 3.64. The van der Waals surface area contributed by atoms with Crippen molar-refractivity contribution < 1.29 is 23.5 Å². The minimum atomic E-state index is -1.07. The molecule has 1 aliphatic rings. The number of benzene rings is 1. The molecule has 0 saturated heterocycles. The van der Waals surface area contributed by atoms with Crippen LogP contribution in [-0.2, 0) is 9.59 Å². The first kappa shape index (κ1) is 23.6. The smallest absolute Gasteiger partial charge is 0.261 e. The van der Waals surface area contributed by atoms with Crippen molar-refractivity contribution in [1.82, 2.24) is 10.6 Å². The third kappa shape index (κ3) is 5.31. The minimum Gasteiger partial charge on any atom is -0.495 e. The first-order valence-electron chi connectivity index (χ1n) is 11.2. The number of methoxy groups -OCH3 is 1. The summed E-state index contributed by atoms with van der Waals surface area (Å²) < 4.78 is 11.1. The van der Waals surface area contributed by atoms with Gasteiger partial charge in [0.2, 0.25) is 5.91 Å². The van der Waals surface area contributed by atoms with Crippen LogP contribution in [0.4, 0.5) is 5.69 Å². The number of hydrogen-bond acceptors (Lipinski definition) is 6. The number of para-hydroxylation sites is 2. The maximum Gasteiger partial charge on any atom is 0.261 e. The number of furan rings is 1. The predicted octanol–water partition coefficient (Wildman–Crippen LogP) is 3.91. The van der Waals surface area contributed by atoms with Crippen LogP contribution in [0.1, 0.15) is 47.2 Å². The fraction of sp³-hybridized carbons (Fsp3) is 0.320. The molecule has 4 rings (SSSR count). The van der Waals surface area contributed by atoms with Crippen LogP contribution in [0.3, 0.4) is 0 Å². The zero-order valence-corrected chi connectivity index (χ0v) is 19.7. The lowest BCUT2D eigenvalue weighted by molar-refractivity contribution is -0.127. The second-order valence-corrected chi connectivity index (χ2v) is 8.95. The molecule has 34 heavy (non-hydrogen) atoms. The highest BCUT2D eigenvalue weighted by Crippen LogP contribution is 2.35. The van der Waals surface area contributed by atoms with Crippen molar-refractivity contribution in [2.75, 3.05) is 18.6 Å². The number of nitrogens with zero attached hydrogens (tertiary/aromatic N) is 1. The normalized spacial score (nSPS) is 14.4. The predicted molar refractivity (Wildman–Crippen MR) is 129 cm³/mol. The molecule has 3 aromatic rings. The fourth-order valence-electron chi connectivity index (χ4n) is 4.15. The maximum atomic E-state index is 13.6. The topological polar surface area (TPSA) is 101 Å². The van der Waals surface area contributed by atoms with Gasteiger partial charge >= 0.3 is 0 Å². The van der Waals surface area contributed by atoms with Crippen molar-refractivity contribution in [2.24, 2.45) is 0 Å². The zero-order chi connectivity index (χ0) is 23.9. The number of carbonyl (C=O) groups is 3. The van der Waals surface area contributed by atoms with Crippen molar-refractivity contribution >= 4 is 34.7 Å².